The SMILES string of the molecule is CC1(O)CC[C@H]2[C@@H]3CCC4=C(Cl)C(=NNS(C)(=O)=O)CC[C@]4(C)[C@@H]3CC[C@@]21C. The number of nitrogens with one attached hydrogen (secondary N) is 1. The van der Waals surface area contributed by atoms with Gasteiger partial charge in [0, 0.05) is 0 Å². The molecule has 0 bridgehead atoms. The van der Waals surface area contributed by atoms with Crippen LogP contribution in [0.1, 0.15) is 72.1 Å². The Hall–Kier alpha value is -0.590. The fourth-order valence-electron chi connectivity index (χ4n) is 7.15. The second-order valence-electron chi connectivity index (χ2n) is 10.3. The van der Waals surface area contributed by atoms with Crippen LogP contribution in [-0.2, 0) is 10.0 Å². The van der Waals surface area contributed by atoms with Gasteiger partial charge in [0.1, 0.15) is 0 Å². The Morgan fingerprint density at radius 1 is 1.07 bits per heavy atom. The first-order valence-electron chi connectivity index (χ1n) is 10.5. The number of hydrogen-bond acceptors (Lipinski definition) is 4. The number of rotatable bonds is 2. The lowest BCUT2D eigenvalue weighted by atomic mass is 9.46. The fourth-order valence-corrected chi connectivity index (χ4v) is 7.87. The van der Waals surface area contributed by atoms with Crippen LogP contribution in [0.25, 0.3) is 0 Å². The first kappa shape index (κ1) is 20.7. The van der Waals surface area contributed by atoms with Crippen LogP contribution in [0.2, 0.25) is 0 Å². The van der Waals surface area contributed by atoms with Crippen LogP contribution < -0.4 is 4.83 Å². The summed E-state index contributed by atoms with van der Waals surface area (Å²) in [6, 6.07) is 0. The minimum Gasteiger partial charge on any atom is -0.390 e. The van der Waals surface area contributed by atoms with E-state index in [0.29, 0.717) is 34.9 Å². The molecule has 4 aliphatic rings. The maximum Gasteiger partial charge on any atom is 0.244 e. The van der Waals surface area contributed by atoms with Crippen LogP contribution in [-0.4, -0.2) is 31.1 Å². The van der Waals surface area contributed by atoms with E-state index < -0.39 is 15.6 Å². The molecule has 28 heavy (non-hydrogen) atoms. The smallest absolute Gasteiger partial charge is 0.244 e. The third-order valence-corrected chi connectivity index (χ3v) is 9.85. The van der Waals surface area contributed by atoms with Crippen LogP contribution >= 0.6 is 11.6 Å². The Morgan fingerprint density at radius 2 is 1.75 bits per heavy atom. The molecule has 0 aromatic rings. The summed E-state index contributed by atoms with van der Waals surface area (Å²) >= 11 is 6.76. The van der Waals surface area contributed by atoms with E-state index in [2.05, 4.69) is 23.8 Å². The second-order valence-corrected chi connectivity index (χ2v) is 12.4. The maximum absolute atomic E-state index is 11.4. The quantitative estimate of drug-likeness (QED) is 0.647. The van der Waals surface area contributed by atoms with Gasteiger partial charge in [-0.3, -0.25) is 0 Å². The molecule has 0 radical (unpaired) electrons. The van der Waals surface area contributed by atoms with Gasteiger partial charge in [0.25, 0.3) is 0 Å². The molecule has 2 N–H and O–H groups in total. The van der Waals surface area contributed by atoms with Crippen molar-refractivity contribution in [1.82, 2.24) is 4.83 Å². The number of hydrogen-bond donors (Lipinski definition) is 2. The number of halogens is 1. The molecule has 0 heterocycles. The highest BCUT2D eigenvalue weighted by Crippen LogP contribution is 2.67. The van der Waals surface area contributed by atoms with Crippen LogP contribution in [0.4, 0.5) is 0 Å². The van der Waals surface area contributed by atoms with Gasteiger partial charge in [0.15, 0.2) is 0 Å². The maximum atomic E-state index is 11.4. The predicted molar refractivity (Wildman–Crippen MR) is 113 cm³/mol. The van der Waals surface area contributed by atoms with Gasteiger partial charge in [-0.2, -0.15) is 5.10 Å². The number of nitrogens with zero attached hydrogens (tertiary/aromatic N) is 1. The Labute approximate surface area is 174 Å². The zero-order valence-corrected chi connectivity index (χ0v) is 19.0. The first-order chi connectivity index (χ1) is 12.9. The van der Waals surface area contributed by atoms with Gasteiger partial charge in [-0.05, 0) is 92.4 Å². The molecule has 0 spiro atoms. The number of allylic oxidation sites excluding steroid dienone is 2. The topological polar surface area (TPSA) is 78.8 Å². The highest BCUT2D eigenvalue weighted by molar-refractivity contribution is 7.88. The van der Waals surface area contributed by atoms with Crippen LogP contribution in [0.5, 0.6) is 0 Å². The summed E-state index contributed by atoms with van der Waals surface area (Å²) in [7, 11) is -3.38. The molecule has 0 amide bonds. The highest BCUT2D eigenvalue weighted by atomic mass is 35.5. The lowest BCUT2D eigenvalue weighted by Crippen LogP contribution is -2.54. The summed E-state index contributed by atoms with van der Waals surface area (Å²) < 4.78 is 22.8. The van der Waals surface area contributed by atoms with Crippen LogP contribution in [0.3, 0.4) is 0 Å². The fraction of sp³-hybridized carbons (Fsp3) is 0.857. The average Bonchev–Trinajstić information content (AvgIpc) is 2.83. The van der Waals surface area contributed by atoms with E-state index in [0.717, 1.165) is 51.2 Å². The number of aliphatic hydroxyl groups is 1. The van der Waals surface area contributed by atoms with E-state index in [-0.39, 0.29) is 10.8 Å². The van der Waals surface area contributed by atoms with Crippen molar-refractivity contribution in [3.05, 3.63) is 10.6 Å². The molecule has 3 saturated carbocycles. The zero-order chi connectivity index (χ0) is 20.5. The van der Waals surface area contributed by atoms with Crippen LogP contribution in [0.15, 0.2) is 15.7 Å². The third-order valence-electron chi connectivity index (χ3n) is 8.98. The summed E-state index contributed by atoms with van der Waals surface area (Å²) in [5, 5.41) is 15.8. The summed E-state index contributed by atoms with van der Waals surface area (Å²) in [6.45, 7) is 6.71. The molecule has 0 aromatic carbocycles. The van der Waals surface area contributed by atoms with E-state index in [9.17, 15) is 13.5 Å². The summed E-state index contributed by atoms with van der Waals surface area (Å²) in [4.78, 5) is 2.24. The van der Waals surface area contributed by atoms with Gasteiger partial charge in [-0.25, -0.2) is 13.2 Å². The monoisotopic (exact) mass is 428 g/mol. The van der Waals surface area contributed by atoms with Crippen molar-refractivity contribution in [2.45, 2.75) is 77.7 Å². The third kappa shape index (κ3) is 2.97. The number of sulfonamides is 1. The van der Waals surface area contributed by atoms with Crippen molar-refractivity contribution in [3.63, 3.8) is 0 Å². The van der Waals surface area contributed by atoms with E-state index >= 15 is 0 Å². The van der Waals surface area contributed by atoms with E-state index in [1.54, 1.807) is 0 Å². The molecule has 0 saturated heterocycles. The van der Waals surface area contributed by atoms with Crippen molar-refractivity contribution in [3.8, 4) is 0 Å². The highest BCUT2D eigenvalue weighted by Gasteiger charge is 2.62. The molecular formula is C21H33ClN2O3S. The molecule has 7 heteroatoms. The molecule has 1 unspecified atom stereocenters. The van der Waals surface area contributed by atoms with Gasteiger partial charge in [0.05, 0.1) is 22.6 Å². The Bertz CT molecular complexity index is 850. The van der Waals surface area contributed by atoms with Gasteiger partial charge >= 0.3 is 0 Å². The van der Waals surface area contributed by atoms with Gasteiger partial charge in [0.2, 0.25) is 10.0 Å². The van der Waals surface area contributed by atoms with E-state index in [1.807, 2.05) is 6.92 Å². The van der Waals surface area contributed by atoms with Crippen molar-refractivity contribution in [1.29, 1.82) is 0 Å². The largest absolute Gasteiger partial charge is 0.390 e. The van der Waals surface area contributed by atoms with Crippen molar-refractivity contribution < 1.29 is 13.5 Å². The van der Waals surface area contributed by atoms with Crippen molar-refractivity contribution in [2.75, 3.05) is 6.26 Å². The number of hydrazone groups is 1. The molecule has 0 aromatic heterocycles. The lowest BCUT2D eigenvalue weighted by Gasteiger charge is -2.59. The van der Waals surface area contributed by atoms with Gasteiger partial charge in [-0.1, -0.05) is 25.4 Å². The average molecular weight is 429 g/mol. The Morgan fingerprint density at radius 3 is 2.43 bits per heavy atom. The second kappa shape index (κ2) is 6.45. The Kier molecular flexibility index (Phi) is 4.76. The van der Waals surface area contributed by atoms with E-state index in [4.69, 9.17) is 11.6 Å². The summed E-state index contributed by atoms with van der Waals surface area (Å²) in [5.41, 5.74) is 1.46. The Balaban J connectivity index is 1.65. The molecule has 4 rings (SSSR count). The zero-order valence-electron chi connectivity index (χ0n) is 17.4. The summed E-state index contributed by atoms with van der Waals surface area (Å²) in [5.74, 6) is 1.81. The molecule has 4 aliphatic carbocycles. The predicted octanol–water partition coefficient (Wildman–Crippen LogP) is 4.17. The van der Waals surface area contributed by atoms with Crippen molar-refractivity contribution >= 4 is 27.3 Å². The normalized spacial score (nSPS) is 47.5. The lowest BCUT2D eigenvalue weighted by molar-refractivity contribution is -0.117. The van der Waals surface area contributed by atoms with Crippen LogP contribution in [0, 0.1) is 28.6 Å². The molecule has 158 valence electrons. The van der Waals surface area contributed by atoms with E-state index in [1.165, 1.54) is 5.57 Å². The standard InChI is InChI=1S/C21H33ClN2O3S/c1-19-10-9-17(23-24-28(4,26)27)18(22)16(19)6-5-13-14(19)7-11-20(2)15(13)8-12-21(20,3)25/h13-15,24-25H,5-12H2,1-4H3/t13-,14-,15+,19-,20+,21?/m1/s1. The van der Waals surface area contributed by atoms with Crippen molar-refractivity contribution in [2.24, 2.45) is 33.7 Å². The molecule has 3 fully saturated rings. The molecule has 0 aliphatic heterocycles. The minimum absolute atomic E-state index is 0.0240. The van der Waals surface area contributed by atoms with Gasteiger partial charge < -0.3 is 5.11 Å². The number of fused-ring (bicyclic) bond motifs is 5. The van der Waals surface area contributed by atoms with Gasteiger partial charge in [-0.15, -0.1) is 0 Å². The summed E-state index contributed by atoms with van der Waals surface area (Å²) in [6.07, 6.45) is 9.05. The first-order valence-corrected chi connectivity index (χ1v) is 12.8. The molecular weight excluding hydrogens is 396 g/mol. The molecule has 6 atom stereocenters. The molecule has 5 nitrogen and oxygen atoms in total. The minimum atomic E-state index is -3.38.